The van der Waals surface area contributed by atoms with Gasteiger partial charge in [-0.2, -0.15) is 13.2 Å². The summed E-state index contributed by atoms with van der Waals surface area (Å²) in [7, 11) is 0. The monoisotopic (exact) mass is 422 g/mol. The number of carbonyl (C=O) groups excluding carboxylic acids is 1. The topological polar surface area (TPSA) is 17.1 Å². The van der Waals surface area contributed by atoms with E-state index in [0.29, 0.717) is 0 Å². The molecule has 0 bridgehead atoms. The van der Waals surface area contributed by atoms with Crippen LogP contribution in [0, 0.1) is 13.8 Å². The van der Waals surface area contributed by atoms with Gasteiger partial charge in [-0.3, -0.25) is 4.79 Å². The molecule has 1 aromatic carbocycles. The zero-order valence-electron chi connectivity index (χ0n) is 17.1. The Morgan fingerprint density at radius 2 is 1.59 bits per heavy atom. The van der Waals surface area contributed by atoms with Crippen LogP contribution in [-0.4, -0.2) is 12.0 Å². The maximum absolute atomic E-state index is 12.5. The summed E-state index contributed by atoms with van der Waals surface area (Å²) in [6.45, 7) is 15.7. The molecule has 0 aromatic heterocycles. The van der Waals surface area contributed by atoms with Gasteiger partial charge in [0.1, 0.15) is 5.78 Å². The Bertz CT molecular complexity index is 626. The first-order valence-corrected chi connectivity index (χ1v) is 9.53. The first-order valence-electron chi connectivity index (χ1n) is 8.71. The van der Waals surface area contributed by atoms with E-state index in [1.807, 2.05) is 39.8 Å². The normalized spacial score (nSPS) is 11.4. The number of ketones is 1. The Kier molecular flexibility index (Phi) is 13.5. The van der Waals surface area contributed by atoms with Crippen LogP contribution in [0.5, 0.6) is 0 Å². The molecule has 0 saturated carbocycles. The largest absolute Gasteiger partial charge is 0.412 e. The Labute approximate surface area is 172 Å². The zero-order valence-corrected chi connectivity index (χ0v) is 18.8. The van der Waals surface area contributed by atoms with Gasteiger partial charge in [0.2, 0.25) is 0 Å². The van der Waals surface area contributed by atoms with E-state index in [9.17, 15) is 18.0 Å². The van der Waals surface area contributed by atoms with Crippen molar-refractivity contribution in [3.63, 3.8) is 0 Å². The second-order valence-corrected chi connectivity index (χ2v) is 6.71. The number of hydrogen-bond acceptors (Lipinski definition) is 2. The number of rotatable bonds is 4. The second kappa shape index (κ2) is 13.1. The van der Waals surface area contributed by atoms with Crippen molar-refractivity contribution in [1.29, 1.82) is 0 Å². The third kappa shape index (κ3) is 10.6. The van der Waals surface area contributed by atoms with Crippen molar-refractivity contribution in [2.45, 2.75) is 72.4 Å². The molecular weight excluding hydrogens is 393 g/mol. The van der Waals surface area contributed by atoms with E-state index in [2.05, 4.69) is 19.2 Å². The summed E-state index contributed by atoms with van der Waals surface area (Å²) in [5.74, 6) is -0.183. The summed E-state index contributed by atoms with van der Waals surface area (Å²) in [5, 5.41) is 0.728. The van der Waals surface area contributed by atoms with Gasteiger partial charge in [0.05, 0.1) is 5.02 Å². The number of allylic oxidation sites excluding steroid dienone is 3. The van der Waals surface area contributed by atoms with Crippen LogP contribution in [0.15, 0.2) is 40.3 Å². The number of aryl methyl sites for hydroxylation is 2. The van der Waals surface area contributed by atoms with Crippen LogP contribution < -0.4 is 0 Å². The third-order valence-electron chi connectivity index (χ3n) is 3.70. The highest BCUT2D eigenvalue weighted by molar-refractivity contribution is 7.80. The van der Waals surface area contributed by atoms with Crippen LogP contribution in [0.4, 0.5) is 13.2 Å². The summed E-state index contributed by atoms with van der Waals surface area (Å²) < 4.78 is 37.5. The van der Waals surface area contributed by atoms with Crippen molar-refractivity contribution in [3.05, 3.63) is 51.6 Å². The molecule has 0 spiro atoms. The maximum Gasteiger partial charge on any atom is 0.412 e. The Hall–Kier alpha value is -1.20. The second-order valence-electron chi connectivity index (χ2n) is 5.83. The fourth-order valence-corrected chi connectivity index (χ4v) is 2.57. The van der Waals surface area contributed by atoms with E-state index >= 15 is 0 Å². The van der Waals surface area contributed by atoms with Crippen molar-refractivity contribution >= 4 is 30.0 Å². The number of benzene rings is 1. The molecule has 0 aliphatic rings. The lowest BCUT2D eigenvalue weighted by molar-refractivity contribution is -0.116. The molecule has 0 fully saturated rings. The smallest absolute Gasteiger partial charge is 0.300 e. The fraction of sp³-hybridized carbons (Fsp3) is 0.476. The van der Waals surface area contributed by atoms with Crippen molar-refractivity contribution in [1.82, 2.24) is 0 Å². The predicted molar refractivity (Wildman–Crippen MR) is 113 cm³/mol. The first-order chi connectivity index (χ1) is 12.3. The lowest BCUT2D eigenvalue weighted by Crippen LogP contribution is -2.14. The molecule has 0 saturated heterocycles. The van der Waals surface area contributed by atoms with Gasteiger partial charge in [-0.15, -0.1) is 12.6 Å². The summed E-state index contributed by atoms with van der Waals surface area (Å²) in [4.78, 5) is 11.6. The fourth-order valence-electron chi connectivity index (χ4n) is 2.09. The van der Waals surface area contributed by atoms with E-state index in [0.717, 1.165) is 9.92 Å². The Balaban J connectivity index is 0. The van der Waals surface area contributed by atoms with Crippen molar-refractivity contribution in [2.75, 3.05) is 0 Å². The minimum absolute atomic E-state index is 0.0224. The predicted octanol–water partition coefficient (Wildman–Crippen LogP) is 8.08. The van der Waals surface area contributed by atoms with E-state index in [1.165, 1.54) is 31.9 Å². The highest BCUT2D eigenvalue weighted by Gasteiger charge is 2.34. The highest BCUT2D eigenvalue weighted by atomic mass is 35.5. The van der Waals surface area contributed by atoms with Crippen LogP contribution >= 0.6 is 24.2 Å². The molecule has 0 heterocycles. The molecule has 0 radical (unpaired) electrons. The summed E-state index contributed by atoms with van der Waals surface area (Å²) in [6.07, 6.45) is -4.46. The van der Waals surface area contributed by atoms with Crippen molar-refractivity contribution in [2.24, 2.45) is 0 Å². The highest BCUT2D eigenvalue weighted by Crippen LogP contribution is 2.33. The van der Waals surface area contributed by atoms with E-state index in [4.69, 9.17) is 11.6 Å². The number of thiol groups is 1. The number of halogens is 4. The van der Waals surface area contributed by atoms with Crippen molar-refractivity contribution < 1.29 is 18.0 Å². The number of Topliss-reactive ketones (excluding diaryl/α,β-unsaturated/α-hetero) is 1. The lowest BCUT2D eigenvalue weighted by Gasteiger charge is -2.15. The maximum atomic E-state index is 12.5. The summed E-state index contributed by atoms with van der Waals surface area (Å²) in [6, 6.07) is 3.90. The van der Waals surface area contributed by atoms with Crippen molar-refractivity contribution in [3.8, 4) is 0 Å². The molecular formula is C21H30ClF3OS. The van der Waals surface area contributed by atoms with Gasteiger partial charge in [0.25, 0.3) is 0 Å². The molecule has 1 aromatic rings. The van der Waals surface area contributed by atoms with Crippen LogP contribution in [0.1, 0.15) is 58.6 Å². The molecule has 1 nitrogen and oxygen atoms in total. The summed E-state index contributed by atoms with van der Waals surface area (Å²) >= 11 is 9.99. The molecule has 27 heavy (non-hydrogen) atoms. The van der Waals surface area contributed by atoms with Crippen LogP contribution in [0.3, 0.4) is 0 Å². The molecule has 1 rings (SSSR count). The van der Waals surface area contributed by atoms with Gasteiger partial charge in [0.15, 0.2) is 0 Å². The van der Waals surface area contributed by atoms with Gasteiger partial charge in [0, 0.05) is 16.9 Å². The van der Waals surface area contributed by atoms with Gasteiger partial charge >= 0.3 is 6.18 Å². The molecule has 0 atom stereocenters. The lowest BCUT2D eigenvalue weighted by atomic mass is 9.97. The van der Waals surface area contributed by atoms with E-state index < -0.39 is 11.7 Å². The number of carbonyl (C=O) groups is 1. The third-order valence-corrected chi connectivity index (χ3v) is 4.52. The van der Waals surface area contributed by atoms with Crippen LogP contribution in [-0.2, 0) is 4.79 Å². The van der Waals surface area contributed by atoms with Gasteiger partial charge in [-0.1, -0.05) is 39.0 Å². The molecule has 154 valence electrons. The molecule has 0 N–H and O–H groups in total. The summed E-state index contributed by atoms with van der Waals surface area (Å²) in [5.41, 5.74) is 2.17. The Morgan fingerprint density at radius 3 is 1.93 bits per heavy atom. The molecule has 6 heteroatoms. The quantitative estimate of drug-likeness (QED) is 0.383. The molecule has 0 aliphatic heterocycles. The van der Waals surface area contributed by atoms with Gasteiger partial charge in [-0.05, 0) is 68.5 Å². The Morgan fingerprint density at radius 1 is 1.15 bits per heavy atom. The minimum atomic E-state index is -4.33. The first kappa shape index (κ1) is 28.0. The minimum Gasteiger partial charge on any atom is -0.300 e. The van der Waals surface area contributed by atoms with Gasteiger partial charge in [-0.25, -0.2) is 0 Å². The number of alkyl halides is 3. The zero-order chi connectivity index (χ0) is 21.9. The van der Waals surface area contributed by atoms with Crippen LogP contribution in [0.25, 0.3) is 0 Å². The van der Waals surface area contributed by atoms with Crippen LogP contribution in [0.2, 0.25) is 5.02 Å². The molecule has 0 amide bonds. The molecule has 0 unspecified atom stereocenters. The molecule has 0 aliphatic carbocycles. The average molecular weight is 423 g/mol. The van der Waals surface area contributed by atoms with E-state index in [-0.39, 0.29) is 29.8 Å². The van der Waals surface area contributed by atoms with E-state index in [1.54, 1.807) is 0 Å². The SMILES string of the molecule is C=C(CC(C)=O)/C(C)=C(\CC)C(F)(F)F.CC.Cc1cc(S)c(Cl)cc1C. The standard InChI is InChI=1S/C11H15F3O.C8H9ClS.C2H6/c1-5-10(11(12,13)14)9(4)7(2)6-8(3)15;1-5-3-7(9)8(10)4-6(5)2;1-2/h2,5-6H2,1,3-4H3;3-4,10H,1-2H3;1-2H3/b10-9+;;. The van der Waals surface area contributed by atoms with Gasteiger partial charge < -0.3 is 0 Å². The average Bonchev–Trinajstić information content (AvgIpc) is 2.54. The number of hydrogen-bond donors (Lipinski definition) is 1.